The molecule has 3 nitrogen and oxygen atoms in total. The van der Waals surface area contributed by atoms with E-state index in [2.05, 4.69) is 13.8 Å². The number of ether oxygens (including phenoxy) is 1. The molecule has 2 rings (SSSR count). The van der Waals surface area contributed by atoms with Crippen LogP contribution in [0.15, 0.2) is 0 Å². The first-order valence-corrected chi connectivity index (χ1v) is 7.00. The van der Waals surface area contributed by atoms with Gasteiger partial charge in [-0.15, -0.1) is 0 Å². The Bertz CT molecular complexity index is 261. The Morgan fingerprint density at radius 2 is 2.06 bits per heavy atom. The fourth-order valence-corrected chi connectivity index (χ4v) is 3.77. The van der Waals surface area contributed by atoms with Gasteiger partial charge < -0.3 is 15.6 Å². The fraction of sp³-hybridized carbons (Fsp3) is 1.00. The number of rotatable bonds is 3. The first kappa shape index (κ1) is 13.3. The average molecular weight is 241 g/mol. The van der Waals surface area contributed by atoms with Crippen molar-refractivity contribution in [3.63, 3.8) is 0 Å². The zero-order valence-corrected chi connectivity index (χ0v) is 11.2. The zero-order valence-electron chi connectivity index (χ0n) is 11.2. The van der Waals surface area contributed by atoms with Gasteiger partial charge in [0.2, 0.25) is 0 Å². The lowest BCUT2D eigenvalue weighted by atomic mass is 9.59. The summed E-state index contributed by atoms with van der Waals surface area (Å²) in [7, 11) is 0. The van der Waals surface area contributed by atoms with E-state index in [9.17, 15) is 5.11 Å². The summed E-state index contributed by atoms with van der Waals surface area (Å²) in [6.07, 6.45) is 6.58. The lowest BCUT2D eigenvalue weighted by Crippen LogP contribution is -2.53. The molecule has 1 heterocycles. The number of hydrogen-bond donors (Lipinski definition) is 2. The van der Waals surface area contributed by atoms with Crippen LogP contribution in [0.4, 0.5) is 0 Å². The van der Waals surface area contributed by atoms with Crippen LogP contribution in [0.2, 0.25) is 0 Å². The number of aliphatic hydroxyl groups is 1. The zero-order chi connectivity index (χ0) is 12.5. The molecule has 3 unspecified atom stereocenters. The van der Waals surface area contributed by atoms with Crippen LogP contribution in [0, 0.1) is 10.8 Å². The highest BCUT2D eigenvalue weighted by molar-refractivity contribution is 5.00. The van der Waals surface area contributed by atoms with Gasteiger partial charge in [0.1, 0.15) is 0 Å². The Hall–Kier alpha value is -0.120. The summed E-state index contributed by atoms with van der Waals surface area (Å²) in [5.41, 5.74) is 5.89. The summed E-state index contributed by atoms with van der Waals surface area (Å²) in [6.45, 7) is 5.79. The molecule has 3 atom stereocenters. The highest BCUT2D eigenvalue weighted by atomic mass is 16.5. The molecule has 1 saturated carbocycles. The van der Waals surface area contributed by atoms with E-state index in [4.69, 9.17) is 10.5 Å². The van der Waals surface area contributed by atoms with Gasteiger partial charge >= 0.3 is 0 Å². The predicted molar refractivity (Wildman–Crippen MR) is 68.7 cm³/mol. The fourth-order valence-electron chi connectivity index (χ4n) is 3.77. The Balaban J connectivity index is 2.11. The highest BCUT2D eigenvalue weighted by Crippen LogP contribution is 2.49. The third-order valence-corrected chi connectivity index (χ3v) is 4.88. The van der Waals surface area contributed by atoms with Gasteiger partial charge in [-0.3, -0.25) is 0 Å². The van der Waals surface area contributed by atoms with Crippen molar-refractivity contribution in [3.8, 4) is 0 Å². The van der Waals surface area contributed by atoms with Crippen molar-refractivity contribution >= 4 is 0 Å². The molecule has 3 N–H and O–H groups in total. The van der Waals surface area contributed by atoms with Crippen LogP contribution in [0.1, 0.15) is 52.4 Å². The van der Waals surface area contributed by atoms with Crippen molar-refractivity contribution in [1.29, 1.82) is 0 Å². The normalized spacial score (nSPS) is 41.6. The van der Waals surface area contributed by atoms with Gasteiger partial charge in [0.05, 0.1) is 12.2 Å². The van der Waals surface area contributed by atoms with Crippen molar-refractivity contribution in [2.75, 3.05) is 13.2 Å². The van der Waals surface area contributed by atoms with E-state index in [0.29, 0.717) is 12.6 Å². The van der Waals surface area contributed by atoms with Crippen LogP contribution in [0.25, 0.3) is 0 Å². The third kappa shape index (κ3) is 2.51. The van der Waals surface area contributed by atoms with Crippen LogP contribution in [-0.2, 0) is 4.74 Å². The summed E-state index contributed by atoms with van der Waals surface area (Å²) in [5, 5.41) is 10.7. The molecule has 0 bridgehead atoms. The molecule has 3 heteroatoms. The van der Waals surface area contributed by atoms with Gasteiger partial charge in [0.25, 0.3) is 0 Å². The molecule has 100 valence electrons. The van der Waals surface area contributed by atoms with Crippen LogP contribution in [0.5, 0.6) is 0 Å². The highest BCUT2D eigenvalue weighted by Gasteiger charge is 2.49. The van der Waals surface area contributed by atoms with Crippen molar-refractivity contribution in [2.45, 2.75) is 64.6 Å². The van der Waals surface area contributed by atoms with E-state index in [0.717, 1.165) is 38.7 Å². The second kappa shape index (κ2) is 4.87. The second-order valence-corrected chi connectivity index (χ2v) is 6.65. The molecule has 2 fully saturated rings. The van der Waals surface area contributed by atoms with Gasteiger partial charge in [-0.2, -0.15) is 0 Å². The molecule has 17 heavy (non-hydrogen) atoms. The molecular formula is C14H27NO2. The third-order valence-electron chi connectivity index (χ3n) is 4.88. The lowest BCUT2D eigenvalue weighted by Gasteiger charge is -2.50. The predicted octanol–water partition coefficient (Wildman–Crippen LogP) is 2.07. The van der Waals surface area contributed by atoms with E-state index in [1.165, 1.54) is 6.42 Å². The van der Waals surface area contributed by atoms with E-state index >= 15 is 0 Å². The molecule has 2 aliphatic rings. The lowest BCUT2D eigenvalue weighted by molar-refractivity contribution is -0.108. The maximum Gasteiger partial charge on any atom is 0.0660 e. The largest absolute Gasteiger partial charge is 0.392 e. The molecule has 0 amide bonds. The summed E-state index contributed by atoms with van der Waals surface area (Å²) < 4.78 is 5.73. The standard InChI is InChI=1S/C14H27NO2/c1-13(2)6-4-7-14(10-15,12(13)16)9-11-5-3-8-17-11/h11-12,16H,3-10,15H2,1-2H3. The van der Waals surface area contributed by atoms with Crippen LogP contribution < -0.4 is 5.73 Å². The summed E-state index contributed by atoms with van der Waals surface area (Å²) in [4.78, 5) is 0. The SMILES string of the molecule is CC1(C)CCCC(CN)(CC2CCCO2)C1O. The quantitative estimate of drug-likeness (QED) is 0.795. The maximum atomic E-state index is 10.7. The Morgan fingerprint density at radius 1 is 1.29 bits per heavy atom. The van der Waals surface area contributed by atoms with Crippen LogP contribution in [0.3, 0.4) is 0 Å². The van der Waals surface area contributed by atoms with E-state index in [-0.39, 0.29) is 16.9 Å². The van der Waals surface area contributed by atoms with E-state index in [1.54, 1.807) is 0 Å². The van der Waals surface area contributed by atoms with Crippen LogP contribution in [-0.4, -0.2) is 30.5 Å². The number of aliphatic hydroxyl groups excluding tert-OH is 1. The topological polar surface area (TPSA) is 55.5 Å². The average Bonchev–Trinajstić information content (AvgIpc) is 2.77. The Morgan fingerprint density at radius 3 is 2.65 bits per heavy atom. The van der Waals surface area contributed by atoms with Gasteiger partial charge in [0.15, 0.2) is 0 Å². The molecular weight excluding hydrogens is 214 g/mol. The summed E-state index contributed by atoms with van der Waals surface area (Å²) in [6, 6.07) is 0. The van der Waals surface area contributed by atoms with Gasteiger partial charge in [0, 0.05) is 18.6 Å². The van der Waals surface area contributed by atoms with Crippen LogP contribution >= 0.6 is 0 Å². The number of nitrogens with two attached hydrogens (primary N) is 1. The van der Waals surface area contributed by atoms with Crippen molar-refractivity contribution in [1.82, 2.24) is 0 Å². The second-order valence-electron chi connectivity index (χ2n) is 6.65. The molecule has 1 aliphatic heterocycles. The van der Waals surface area contributed by atoms with E-state index in [1.807, 2.05) is 0 Å². The van der Waals surface area contributed by atoms with Gasteiger partial charge in [-0.25, -0.2) is 0 Å². The van der Waals surface area contributed by atoms with Crippen molar-refractivity contribution in [3.05, 3.63) is 0 Å². The Labute approximate surface area is 105 Å². The smallest absolute Gasteiger partial charge is 0.0660 e. The minimum atomic E-state index is -0.294. The molecule has 0 aromatic rings. The Kier molecular flexibility index (Phi) is 3.81. The van der Waals surface area contributed by atoms with Gasteiger partial charge in [-0.05, 0) is 37.5 Å². The number of hydrogen-bond acceptors (Lipinski definition) is 3. The van der Waals surface area contributed by atoms with Gasteiger partial charge in [-0.1, -0.05) is 20.3 Å². The minimum absolute atomic E-state index is 0.00375. The summed E-state index contributed by atoms with van der Waals surface area (Å²) >= 11 is 0. The van der Waals surface area contributed by atoms with Crippen molar-refractivity contribution in [2.24, 2.45) is 16.6 Å². The molecule has 0 radical (unpaired) electrons. The monoisotopic (exact) mass is 241 g/mol. The molecule has 0 aromatic heterocycles. The van der Waals surface area contributed by atoms with E-state index < -0.39 is 0 Å². The first-order valence-electron chi connectivity index (χ1n) is 7.00. The molecule has 0 spiro atoms. The first-order chi connectivity index (χ1) is 8.00. The molecule has 1 saturated heterocycles. The summed E-state index contributed by atoms with van der Waals surface area (Å²) in [5.74, 6) is 0. The maximum absolute atomic E-state index is 10.7. The molecule has 0 aromatic carbocycles. The minimum Gasteiger partial charge on any atom is -0.392 e. The molecule has 1 aliphatic carbocycles. The van der Waals surface area contributed by atoms with Crippen molar-refractivity contribution < 1.29 is 9.84 Å².